The third-order valence-electron chi connectivity index (χ3n) is 3.26. The summed E-state index contributed by atoms with van der Waals surface area (Å²) in [5.41, 5.74) is 0.984. The molecule has 0 aliphatic carbocycles. The van der Waals surface area contributed by atoms with Crippen molar-refractivity contribution in [3.63, 3.8) is 0 Å². The number of nitrogens with one attached hydrogen (secondary N) is 2. The van der Waals surface area contributed by atoms with E-state index in [0.717, 1.165) is 0 Å². The van der Waals surface area contributed by atoms with Crippen molar-refractivity contribution in [2.24, 2.45) is 0 Å². The molecular weight excluding hydrogens is 333 g/mol. The standard InChI is InChI=1S/C16H17ClFN5O/c1-16(2,24)9-20-13-8-14(22-23-6-5-19-15(13)23)21-10-3-4-11(17)12(18)7-10/h3-8,20,24H,9H2,1-2H3,(H,21,22). The van der Waals surface area contributed by atoms with Gasteiger partial charge in [0.2, 0.25) is 0 Å². The molecule has 0 aliphatic heterocycles. The van der Waals surface area contributed by atoms with Gasteiger partial charge < -0.3 is 15.7 Å². The number of aromatic nitrogens is 3. The summed E-state index contributed by atoms with van der Waals surface area (Å²) in [5.74, 6) is -0.00813. The van der Waals surface area contributed by atoms with Crippen LogP contribution in [0.1, 0.15) is 13.8 Å². The van der Waals surface area contributed by atoms with Crippen LogP contribution < -0.4 is 10.6 Å². The Morgan fingerprint density at radius 2 is 2.12 bits per heavy atom. The van der Waals surface area contributed by atoms with Gasteiger partial charge in [0.05, 0.1) is 16.3 Å². The van der Waals surface area contributed by atoms with Crippen LogP contribution in [0.25, 0.3) is 5.65 Å². The number of nitrogens with zero attached hydrogens (tertiary/aromatic N) is 3. The molecule has 2 heterocycles. The Hall–Kier alpha value is -2.38. The van der Waals surface area contributed by atoms with Crippen molar-refractivity contribution in [1.82, 2.24) is 14.6 Å². The number of anilines is 3. The van der Waals surface area contributed by atoms with Gasteiger partial charge in [0.25, 0.3) is 0 Å². The summed E-state index contributed by atoms with van der Waals surface area (Å²) in [7, 11) is 0. The Balaban J connectivity index is 1.91. The van der Waals surface area contributed by atoms with Crippen LogP contribution in [0.5, 0.6) is 0 Å². The molecular formula is C16H17ClFN5O. The fourth-order valence-electron chi connectivity index (χ4n) is 2.14. The van der Waals surface area contributed by atoms with E-state index in [1.165, 1.54) is 12.1 Å². The molecule has 3 aromatic rings. The second-order valence-electron chi connectivity index (χ2n) is 6.06. The number of rotatable bonds is 5. The molecule has 0 atom stereocenters. The third-order valence-corrected chi connectivity index (χ3v) is 3.57. The summed E-state index contributed by atoms with van der Waals surface area (Å²) in [6, 6.07) is 6.18. The molecule has 8 heteroatoms. The maximum absolute atomic E-state index is 13.6. The van der Waals surface area contributed by atoms with Crippen LogP contribution >= 0.6 is 11.6 Å². The summed E-state index contributed by atoms with van der Waals surface area (Å²) in [6.45, 7) is 3.76. The summed E-state index contributed by atoms with van der Waals surface area (Å²) < 4.78 is 15.2. The molecule has 0 amide bonds. The lowest BCUT2D eigenvalue weighted by Crippen LogP contribution is -2.29. The maximum atomic E-state index is 13.6. The quantitative estimate of drug-likeness (QED) is 0.658. The summed E-state index contributed by atoms with van der Waals surface area (Å²) in [6.07, 6.45) is 3.33. The minimum Gasteiger partial charge on any atom is -0.389 e. The number of fused-ring (bicyclic) bond motifs is 1. The molecule has 3 rings (SSSR count). The number of hydrogen-bond acceptors (Lipinski definition) is 5. The number of halogens is 2. The Bertz CT molecular complexity index is 875. The first-order chi connectivity index (χ1) is 11.3. The SMILES string of the molecule is CC(C)(O)CNc1cc(Nc2ccc(Cl)c(F)c2)nn2ccnc12. The van der Waals surface area contributed by atoms with E-state index in [2.05, 4.69) is 20.7 Å². The zero-order chi connectivity index (χ0) is 17.3. The second-order valence-corrected chi connectivity index (χ2v) is 6.47. The van der Waals surface area contributed by atoms with Crippen LogP contribution in [0.2, 0.25) is 5.02 Å². The zero-order valence-electron chi connectivity index (χ0n) is 13.2. The van der Waals surface area contributed by atoms with Crippen molar-refractivity contribution < 1.29 is 9.50 Å². The van der Waals surface area contributed by atoms with E-state index in [9.17, 15) is 9.50 Å². The first kappa shape index (κ1) is 16.5. The predicted octanol–water partition coefficient (Wildman–Crippen LogP) is 3.45. The molecule has 6 nitrogen and oxygen atoms in total. The van der Waals surface area contributed by atoms with Crippen LogP contribution in [-0.2, 0) is 0 Å². The van der Waals surface area contributed by atoms with E-state index in [-0.39, 0.29) is 5.02 Å². The molecule has 3 N–H and O–H groups in total. The van der Waals surface area contributed by atoms with Crippen molar-refractivity contribution in [2.75, 3.05) is 17.2 Å². The van der Waals surface area contributed by atoms with E-state index in [1.54, 1.807) is 42.9 Å². The van der Waals surface area contributed by atoms with E-state index < -0.39 is 11.4 Å². The lowest BCUT2D eigenvalue weighted by Gasteiger charge is -2.19. The van der Waals surface area contributed by atoms with Gasteiger partial charge in [-0.1, -0.05) is 11.6 Å². The van der Waals surface area contributed by atoms with Gasteiger partial charge in [-0.15, -0.1) is 5.10 Å². The maximum Gasteiger partial charge on any atom is 0.177 e. The highest BCUT2D eigenvalue weighted by molar-refractivity contribution is 6.30. The van der Waals surface area contributed by atoms with Crippen molar-refractivity contribution >= 4 is 34.4 Å². The second kappa shape index (κ2) is 6.26. The number of hydrogen-bond donors (Lipinski definition) is 3. The summed E-state index contributed by atoms with van der Waals surface area (Å²) in [4.78, 5) is 4.24. The largest absolute Gasteiger partial charge is 0.389 e. The molecule has 1 aromatic carbocycles. The summed E-state index contributed by atoms with van der Waals surface area (Å²) in [5, 5.41) is 20.5. The van der Waals surface area contributed by atoms with E-state index in [4.69, 9.17) is 11.6 Å². The first-order valence-electron chi connectivity index (χ1n) is 7.34. The highest BCUT2D eigenvalue weighted by atomic mass is 35.5. The van der Waals surface area contributed by atoms with Gasteiger partial charge in [-0.25, -0.2) is 13.9 Å². The molecule has 0 unspecified atom stereocenters. The van der Waals surface area contributed by atoms with Gasteiger partial charge >= 0.3 is 0 Å². The van der Waals surface area contributed by atoms with Crippen molar-refractivity contribution in [2.45, 2.75) is 19.4 Å². The van der Waals surface area contributed by atoms with Gasteiger partial charge in [-0.3, -0.25) is 0 Å². The van der Waals surface area contributed by atoms with Crippen molar-refractivity contribution in [3.05, 3.63) is 47.5 Å². The molecule has 0 saturated carbocycles. The number of imidazole rings is 1. The molecule has 24 heavy (non-hydrogen) atoms. The molecule has 0 spiro atoms. The average molecular weight is 350 g/mol. The van der Waals surface area contributed by atoms with Crippen LogP contribution in [0.15, 0.2) is 36.7 Å². The fourth-order valence-corrected chi connectivity index (χ4v) is 2.26. The molecule has 0 aliphatic rings. The number of aliphatic hydroxyl groups is 1. The van der Waals surface area contributed by atoms with Gasteiger partial charge in [-0.2, -0.15) is 0 Å². The Labute approximate surface area is 143 Å². The van der Waals surface area contributed by atoms with Crippen LogP contribution in [-0.4, -0.2) is 31.9 Å². The molecule has 0 fully saturated rings. The van der Waals surface area contributed by atoms with Crippen LogP contribution in [0.3, 0.4) is 0 Å². The molecule has 2 aromatic heterocycles. The van der Waals surface area contributed by atoms with Crippen LogP contribution in [0.4, 0.5) is 21.6 Å². The van der Waals surface area contributed by atoms with E-state index in [1.807, 2.05) is 0 Å². The highest BCUT2D eigenvalue weighted by Crippen LogP contribution is 2.24. The van der Waals surface area contributed by atoms with Crippen LogP contribution in [0, 0.1) is 5.82 Å². The van der Waals surface area contributed by atoms with E-state index >= 15 is 0 Å². The topological polar surface area (TPSA) is 74.5 Å². The third kappa shape index (κ3) is 3.74. The first-order valence-corrected chi connectivity index (χ1v) is 7.72. The normalized spacial score (nSPS) is 11.7. The van der Waals surface area contributed by atoms with Gasteiger partial charge in [-0.05, 0) is 32.0 Å². The zero-order valence-corrected chi connectivity index (χ0v) is 14.0. The monoisotopic (exact) mass is 349 g/mol. The van der Waals surface area contributed by atoms with Crippen molar-refractivity contribution in [3.8, 4) is 0 Å². The highest BCUT2D eigenvalue weighted by Gasteiger charge is 2.14. The Morgan fingerprint density at radius 3 is 2.83 bits per heavy atom. The predicted molar refractivity (Wildman–Crippen MR) is 92.5 cm³/mol. The smallest absolute Gasteiger partial charge is 0.177 e. The Kier molecular flexibility index (Phi) is 4.29. The Morgan fingerprint density at radius 1 is 1.33 bits per heavy atom. The van der Waals surface area contributed by atoms with Gasteiger partial charge in [0, 0.05) is 30.7 Å². The average Bonchev–Trinajstić information content (AvgIpc) is 2.96. The molecule has 0 bridgehead atoms. The van der Waals surface area contributed by atoms with E-state index in [0.29, 0.717) is 29.4 Å². The number of benzene rings is 1. The summed E-state index contributed by atoms with van der Waals surface area (Å²) >= 11 is 5.69. The van der Waals surface area contributed by atoms with Crippen molar-refractivity contribution in [1.29, 1.82) is 0 Å². The van der Waals surface area contributed by atoms with Gasteiger partial charge in [0.15, 0.2) is 11.5 Å². The minimum atomic E-state index is -0.875. The van der Waals surface area contributed by atoms with Gasteiger partial charge in [0.1, 0.15) is 5.82 Å². The minimum absolute atomic E-state index is 0.0612. The lowest BCUT2D eigenvalue weighted by atomic mass is 10.1. The fraction of sp³-hybridized carbons (Fsp3) is 0.250. The molecule has 0 saturated heterocycles. The molecule has 0 radical (unpaired) electrons. The lowest BCUT2D eigenvalue weighted by molar-refractivity contribution is 0.0945. The molecule has 126 valence electrons.